The molecular weight excluding hydrogens is 212 g/mol. The minimum absolute atomic E-state index is 0.0579. The van der Waals surface area contributed by atoms with Crippen molar-refractivity contribution in [2.75, 3.05) is 24.5 Å². The molecule has 1 fully saturated rings. The highest BCUT2D eigenvalue weighted by molar-refractivity contribution is 7.09. The summed E-state index contributed by atoms with van der Waals surface area (Å²) in [4.78, 5) is 17.6. The number of carbonyl (C=O) groups is 1. The Hall–Kier alpha value is -1.17. The van der Waals surface area contributed by atoms with E-state index in [0.717, 1.165) is 17.5 Å². The van der Waals surface area contributed by atoms with Crippen LogP contribution in [-0.4, -0.2) is 34.9 Å². The summed E-state index contributed by atoms with van der Waals surface area (Å²) in [6.07, 6.45) is 0. The molecule has 82 valence electrons. The lowest BCUT2D eigenvalue weighted by atomic mass is 10.2. The third-order valence-electron chi connectivity index (χ3n) is 2.26. The van der Waals surface area contributed by atoms with Gasteiger partial charge in [0.15, 0.2) is 0 Å². The van der Waals surface area contributed by atoms with Gasteiger partial charge >= 0.3 is 0 Å². The van der Waals surface area contributed by atoms with Gasteiger partial charge in [-0.1, -0.05) is 13.8 Å². The summed E-state index contributed by atoms with van der Waals surface area (Å²) >= 11 is 1.37. The van der Waals surface area contributed by atoms with Crippen LogP contribution in [-0.2, 0) is 4.79 Å². The maximum atomic E-state index is 11.2. The van der Waals surface area contributed by atoms with Crippen molar-refractivity contribution in [3.8, 4) is 0 Å². The van der Waals surface area contributed by atoms with Crippen molar-refractivity contribution >= 4 is 22.6 Å². The fraction of sp³-hybridized carbons (Fsp3) is 0.667. The van der Waals surface area contributed by atoms with E-state index in [9.17, 15) is 4.79 Å². The summed E-state index contributed by atoms with van der Waals surface area (Å²) < 4.78 is 4.27. The predicted molar refractivity (Wildman–Crippen MR) is 59.2 cm³/mol. The zero-order valence-corrected chi connectivity index (χ0v) is 9.67. The molecule has 0 atom stereocenters. The molecule has 2 heterocycles. The van der Waals surface area contributed by atoms with Crippen molar-refractivity contribution in [1.29, 1.82) is 0 Å². The molecule has 0 spiro atoms. The second kappa shape index (κ2) is 4.14. The van der Waals surface area contributed by atoms with Crippen LogP contribution in [0.15, 0.2) is 0 Å². The van der Waals surface area contributed by atoms with Crippen LogP contribution in [0.3, 0.4) is 0 Å². The lowest BCUT2D eigenvalue weighted by Crippen LogP contribution is -2.47. The van der Waals surface area contributed by atoms with E-state index < -0.39 is 0 Å². The van der Waals surface area contributed by atoms with Crippen molar-refractivity contribution in [1.82, 2.24) is 14.7 Å². The van der Waals surface area contributed by atoms with Crippen LogP contribution >= 0.6 is 11.5 Å². The first-order valence-electron chi connectivity index (χ1n) is 5.02. The quantitative estimate of drug-likeness (QED) is 0.802. The first-order chi connectivity index (χ1) is 7.16. The molecule has 5 nitrogen and oxygen atoms in total. The van der Waals surface area contributed by atoms with Crippen molar-refractivity contribution in [2.24, 2.45) is 0 Å². The number of anilines is 1. The standard InChI is InChI=1S/C9H14N4OS/c1-6(2)8-11-9(15-12-8)13-4-3-10-7(14)5-13/h6H,3-5H2,1-2H3,(H,10,14). The molecule has 1 amide bonds. The van der Waals surface area contributed by atoms with Crippen LogP contribution in [0.4, 0.5) is 5.13 Å². The van der Waals surface area contributed by atoms with Gasteiger partial charge in [0.05, 0.1) is 6.54 Å². The first-order valence-corrected chi connectivity index (χ1v) is 5.79. The molecule has 1 aliphatic heterocycles. The summed E-state index contributed by atoms with van der Waals surface area (Å²) in [7, 11) is 0. The number of aromatic nitrogens is 2. The molecule has 0 saturated carbocycles. The highest BCUT2D eigenvalue weighted by atomic mass is 32.1. The molecule has 2 rings (SSSR count). The van der Waals surface area contributed by atoms with Crippen LogP contribution < -0.4 is 10.2 Å². The molecule has 1 aromatic rings. The van der Waals surface area contributed by atoms with Crippen molar-refractivity contribution in [2.45, 2.75) is 19.8 Å². The molecule has 1 aliphatic rings. The summed E-state index contributed by atoms with van der Waals surface area (Å²) in [5.41, 5.74) is 0. The monoisotopic (exact) mass is 226 g/mol. The van der Waals surface area contributed by atoms with E-state index in [-0.39, 0.29) is 5.91 Å². The molecule has 0 aliphatic carbocycles. The molecular formula is C9H14N4OS. The van der Waals surface area contributed by atoms with Crippen LogP contribution in [0.25, 0.3) is 0 Å². The number of amides is 1. The number of carbonyl (C=O) groups excluding carboxylic acids is 1. The van der Waals surface area contributed by atoms with Gasteiger partial charge in [-0.05, 0) is 0 Å². The van der Waals surface area contributed by atoms with Gasteiger partial charge in [-0.3, -0.25) is 4.79 Å². The maximum Gasteiger partial charge on any atom is 0.239 e. The fourth-order valence-corrected chi connectivity index (χ4v) is 2.22. The van der Waals surface area contributed by atoms with E-state index in [0.29, 0.717) is 19.0 Å². The Bertz CT molecular complexity index is 363. The van der Waals surface area contributed by atoms with Crippen molar-refractivity contribution < 1.29 is 4.79 Å². The Morgan fingerprint density at radius 1 is 1.53 bits per heavy atom. The van der Waals surface area contributed by atoms with Gasteiger partial charge in [0.2, 0.25) is 11.0 Å². The normalized spacial score (nSPS) is 17.0. The highest BCUT2D eigenvalue weighted by Gasteiger charge is 2.20. The molecule has 1 N–H and O–H groups in total. The van der Waals surface area contributed by atoms with Gasteiger partial charge in [0.25, 0.3) is 0 Å². The van der Waals surface area contributed by atoms with Gasteiger partial charge in [-0.15, -0.1) is 0 Å². The average Bonchev–Trinajstić information content (AvgIpc) is 2.66. The van der Waals surface area contributed by atoms with Gasteiger partial charge in [-0.25, -0.2) is 4.98 Å². The third-order valence-corrected chi connectivity index (χ3v) is 3.05. The number of nitrogens with one attached hydrogen (secondary N) is 1. The number of piperazine rings is 1. The topological polar surface area (TPSA) is 58.1 Å². The molecule has 1 aromatic heterocycles. The van der Waals surface area contributed by atoms with Crippen LogP contribution in [0.1, 0.15) is 25.6 Å². The summed E-state index contributed by atoms with van der Waals surface area (Å²) in [6, 6.07) is 0. The highest BCUT2D eigenvalue weighted by Crippen LogP contribution is 2.21. The lowest BCUT2D eigenvalue weighted by molar-refractivity contribution is -0.120. The molecule has 0 bridgehead atoms. The lowest BCUT2D eigenvalue weighted by Gasteiger charge is -2.25. The molecule has 0 aromatic carbocycles. The summed E-state index contributed by atoms with van der Waals surface area (Å²) in [6.45, 7) is 6.03. The number of hydrogen-bond acceptors (Lipinski definition) is 5. The smallest absolute Gasteiger partial charge is 0.239 e. The zero-order chi connectivity index (χ0) is 10.8. The third kappa shape index (κ3) is 2.26. The van der Waals surface area contributed by atoms with E-state index in [1.165, 1.54) is 11.5 Å². The SMILES string of the molecule is CC(C)c1nsc(N2CCNC(=O)C2)n1. The van der Waals surface area contributed by atoms with Gasteiger partial charge in [0, 0.05) is 30.5 Å². The Morgan fingerprint density at radius 2 is 2.33 bits per heavy atom. The number of nitrogens with zero attached hydrogens (tertiary/aromatic N) is 3. The van der Waals surface area contributed by atoms with E-state index in [2.05, 4.69) is 28.5 Å². The molecule has 15 heavy (non-hydrogen) atoms. The number of rotatable bonds is 2. The van der Waals surface area contributed by atoms with E-state index in [4.69, 9.17) is 0 Å². The molecule has 1 saturated heterocycles. The summed E-state index contributed by atoms with van der Waals surface area (Å²) in [5.74, 6) is 1.26. The second-order valence-corrected chi connectivity index (χ2v) is 4.59. The average molecular weight is 226 g/mol. The molecule has 6 heteroatoms. The Kier molecular flexibility index (Phi) is 2.86. The van der Waals surface area contributed by atoms with Gasteiger partial charge in [0.1, 0.15) is 5.82 Å². The van der Waals surface area contributed by atoms with Crippen LogP contribution in [0.5, 0.6) is 0 Å². The zero-order valence-electron chi connectivity index (χ0n) is 8.86. The van der Waals surface area contributed by atoms with E-state index in [1.807, 2.05) is 4.90 Å². The minimum atomic E-state index is 0.0579. The van der Waals surface area contributed by atoms with E-state index >= 15 is 0 Å². The maximum absolute atomic E-state index is 11.2. The molecule has 0 unspecified atom stereocenters. The van der Waals surface area contributed by atoms with Gasteiger partial charge < -0.3 is 10.2 Å². The van der Waals surface area contributed by atoms with Crippen molar-refractivity contribution in [3.05, 3.63) is 5.82 Å². The second-order valence-electron chi connectivity index (χ2n) is 3.86. The largest absolute Gasteiger partial charge is 0.353 e. The summed E-state index contributed by atoms with van der Waals surface area (Å²) in [5, 5.41) is 3.64. The van der Waals surface area contributed by atoms with Gasteiger partial charge in [-0.2, -0.15) is 4.37 Å². The minimum Gasteiger partial charge on any atom is -0.353 e. The molecule has 0 radical (unpaired) electrons. The first kappa shape index (κ1) is 10.4. The Balaban J connectivity index is 2.11. The van der Waals surface area contributed by atoms with Crippen LogP contribution in [0.2, 0.25) is 0 Å². The fourth-order valence-electron chi connectivity index (χ4n) is 1.39. The van der Waals surface area contributed by atoms with Crippen LogP contribution in [0, 0.1) is 0 Å². The van der Waals surface area contributed by atoms with E-state index in [1.54, 1.807) is 0 Å². The Morgan fingerprint density at radius 3 is 2.93 bits per heavy atom. The Labute approximate surface area is 92.7 Å². The predicted octanol–water partition coefficient (Wildman–Crippen LogP) is 0.598. The van der Waals surface area contributed by atoms with Crippen molar-refractivity contribution in [3.63, 3.8) is 0 Å². The number of hydrogen-bond donors (Lipinski definition) is 1.